The fraction of sp³-hybridized carbons (Fsp3) is 0.500. The van der Waals surface area contributed by atoms with E-state index in [0.717, 1.165) is 11.3 Å². The standard InChI is InChI=1S/C14H19NO4S2/c1-15-14(13(16)17)8-7-11(9-14)20-10-3-5-12(6-4-10)21(2,18)19/h3-6,11,15H,7-9H2,1-2H3,(H,16,17). The van der Waals surface area contributed by atoms with Gasteiger partial charge in [0.2, 0.25) is 0 Å². The Balaban J connectivity index is 2.05. The van der Waals surface area contributed by atoms with Crippen molar-refractivity contribution in [3.63, 3.8) is 0 Å². The molecule has 0 aliphatic heterocycles. The SMILES string of the molecule is CNC1(C(=O)O)CCC(Sc2ccc(S(C)(=O)=O)cc2)C1. The maximum atomic E-state index is 11.4. The summed E-state index contributed by atoms with van der Waals surface area (Å²) >= 11 is 1.61. The van der Waals surface area contributed by atoms with E-state index in [4.69, 9.17) is 0 Å². The first kappa shape index (κ1) is 16.3. The van der Waals surface area contributed by atoms with E-state index < -0.39 is 21.3 Å². The van der Waals surface area contributed by atoms with Crippen molar-refractivity contribution < 1.29 is 18.3 Å². The van der Waals surface area contributed by atoms with Gasteiger partial charge in [0.25, 0.3) is 0 Å². The molecule has 1 fully saturated rings. The molecule has 0 heterocycles. The number of thioether (sulfide) groups is 1. The Morgan fingerprint density at radius 1 is 1.38 bits per heavy atom. The molecular formula is C14H19NO4S2. The highest BCUT2D eigenvalue weighted by Crippen LogP contribution is 2.40. The van der Waals surface area contributed by atoms with E-state index in [1.54, 1.807) is 43.1 Å². The number of nitrogens with one attached hydrogen (secondary N) is 1. The van der Waals surface area contributed by atoms with Crippen LogP contribution in [0, 0.1) is 0 Å². The van der Waals surface area contributed by atoms with E-state index >= 15 is 0 Å². The molecule has 2 rings (SSSR count). The zero-order valence-electron chi connectivity index (χ0n) is 12.0. The maximum Gasteiger partial charge on any atom is 0.323 e. The van der Waals surface area contributed by atoms with Crippen LogP contribution >= 0.6 is 11.8 Å². The predicted octanol–water partition coefficient (Wildman–Crippen LogP) is 1.78. The summed E-state index contributed by atoms with van der Waals surface area (Å²) < 4.78 is 22.8. The van der Waals surface area contributed by atoms with Crippen LogP contribution in [0.3, 0.4) is 0 Å². The van der Waals surface area contributed by atoms with Crippen molar-refractivity contribution in [2.75, 3.05) is 13.3 Å². The van der Waals surface area contributed by atoms with Crippen LogP contribution in [0.25, 0.3) is 0 Å². The van der Waals surface area contributed by atoms with Gasteiger partial charge in [0.05, 0.1) is 4.90 Å². The predicted molar refractivity (Wildman–Crippen MR) is 82.5 cm³/mol. The molecule has 0 radical (unpaired) electrons. The van der Waals surface area contributed by atoms with E-state index in [9.17, 15) is 18.3 Å². The third-order valence-electron chi connectivity index (χ3n) is 3.91. The molecule has 0 saturated heterocycles. The van der Waals surface area contributed by atoms with Gasteiger partial charge in [0, 0.05) is 16.4 Å². The lowest BCUT2D eigenvalue weighted by Crippen LogP contribution is -2.48. The summed E-state index contributed by atoms with van der Waals surface area (Å²) in [6.45, 7) is 0. The lowest BCUT2D eigenvalue weighted by atomic mass is 9.99. The van der Waals surface area contributed by atoms with Gasteiger partial charge in [0.15, 0.2) is 9.84 Å². The second-order valence-electron chi connectivity index (χ2n) is 5.36. The summed E-state index contributed by atoms with van der Waals surface area (Å²) in [7, 11) is -1.49. The summed E-state index contributed by atoms with van der Waals surface area (Å²) in [5, 5.41) is 12.5. The number of carboxylic acid groups (broad SMARTS) is 1. The zero-order chi connectivity index (χ0) is 15.7. The third-order valence-corrected chi connectivity index (χ3v) is 6.32. The summed E-state index contributed by atoms with van der Waals surface area (Å²) in [5.74, 6) is -0.805. The fourth-order valence-electron chi connectivity index (χ4n) is 2.59. The Labute approximate surface area is 129 Å². The minimum Gasteiger partial charge on any atom is -0.480 e. The Morgan fingerprint density at radius 3 is 2.43 bits per heavy atom. The van der Waals surface area contributed by atoms with Gasteiger partial charge in [-0.3, -0.25) is 4.79 Å². The molecular weight excluding hydrogens is 310 g/mol. The van der Waals surface area contributed by atoms with Crippen LogP contribution in [0.5, 0.6) is 0 Å². The Hall–Kier alpha value is -1.05. The van der Waals surface area contributed by atoms with Gasteiger partial charge < -0.3 is 10.4 Å². The van der Waals surface area contributed by atoms with Crippen molar-refractivity contribution in [2.24, 2.45) is 0 Å². The van der Waals surface area contributed by atoms with E-state index in [1.165, 1.54) is 6.26 Å². The van der Waals surface area contributed by atoms with Gasteiger partial charge in [-0.25, -0.2) is 8.42 Å². The van der Waals surface area contributed by atoms with Crippen molar-refractivity contribution >= 4 is 27.6 Å². The van der Waals surface area contributed by atoms with Crippen LogP contribution in [0.1, 0.15) is 19.3 Å². The van der Waals surface area contributed by atoms with Crippen LogP contribution in [0.2, 0.25) is 0 Å². The monoisotopic (exact) mass is 329 g/mol. The second-order valence-corrected chi connectivity index (χ2v) is 8.75. The van der Waals surface area contributed by atoms with Crippen LogP contribution in [-0.2, 0) is 14.6 Å². The molecule has 1 aromatic carbocycles. The van der Waals surface area contributed by atoms with Crippen LogP contribution in [0.15, 0.2) is 34.1 Å². The molecule has 2 unspecified atom stereocenters. The minimum absolute atomic E-state index is 0.220. The number of hydrogen-bond acceptors (Lipinski definition) is 5. The maximum absolute atomic E-state index is 11.4. The largest absolute Gasteiger partial charge is 0.480 e. The highest BCUT2D eigenvalue weighted by molar-refractivity contribution is 8.00. The molecule has 5 nitrogen and oxygen atoms in total. The Morgan fingerprint density at radius 2 is 2.00 bits per heavy atom. The van der Waals surface area contributed by atoms with E-state index in [-0.39, 0.29) is 5.25 Å². The highest BCUT2D eigenvalue weighted by Gasteiger charge is 2.44. The Bertz CT molecular complexity index is 627. The molecule has 116 valence electrons. The normalized spacial score (nSPS) is 25.9. The van der Waals surface area contributed by atoms with Gasteiger partial charge in [-0.15, -0.1) is 11.8 Å². The highest BCUT2D eigenvalue weighted by atomic mass is 32.2. The first-order chi connectivity index (χ1) is 9.77. The zero-order valence-corrected chi connectivity index (χ0v) is 13.6. The van der Waals surface area contributed by atoms with Crippen molar-refractivity contribution in [2.45, 2.75) is 39.8 Å². The first-order valence-corrected chi connectivity index (χ1v) is 9.43. The Kier molecular flexibility index (Phi) is 4.65. The van der Waals surface area contributed by atoms with Crippen LogP contribution in [-0.4, -0.2) is 43.6 Å². The number of hydrogen-bond donors (Lipinski definition) is 2. The summed E-state index contributed by atoms with van der Waals surface area (Å²) in [6.07, 6.45) is 3.18. The van der Waals surface area contributed by atoms with E-state index in [0.29, 0.717) is 17.7 Å². The van der Waals surface area contributed by atoms with Crippen molar-refractivity contribution in [3.8, 4) is 0 Å². The molecule has 2 atom stereocenters. The molecule has 0 bridgehead atoms. The average Bonchev–Trinajstić information content (AvgIpc) is 2.83. The molecule has 0 spiro atoms. The number of sulfone groups is 1. The minimum atomic E-state index is -3.18. The molecule has 1 aromatic rings. The molecule has 7 heteroatoms. The molecule has 0 amide bonds. The van der Waals surface area contributed by atoms with Gasteiger partial charge in [-0.05, 0) is 50.6 Å². The molecule has 21 heavy (non-hydrogen) atoms. The topological polar surface area (TPSA) is 83.5 Å². The number of rotatable bonds is 5. The average molecular weight is 329 g/mol. The quantitative estimate of drug-likeness (QED) is 0.857. The van der Waals surface area contributed by atoms with E-state index in [2.05, 4.69) is 5.32 Å². The number of carboxylic acids is 1. The third kappa shape index (κ3) is 3.59. The lowest BCUT2D eigenvalue weighted by molar-refractivity contribution is -0.144. The molecule has 1 aliphatic carbocycles. The van der Waals surface area contributed by atoms with Gasteiger partial charge >= 0.3 is 5.97 Å². The van der Waals surface area contributed by atoms with Crippen molar-refractivity contribution in [1.29, 1.82) is 0 Å². The van der Waals surface area contributed by atoms with Crippen molar-refractivity contribution in [3.05, 3.63) is 24.3 Å². The fourth-order valence-corrected chi connectivity index (χ4v) is 4.50. The van der Waals surface area contributed by atoms with Gasteiger partial charge in [-0.1, -0.05) is 0 Å². The number of carbonyl (C=O) groups is 1. The van der Waals surface area contributed by atoms with Crippen molar-refractivity contribution in [1.82, 2.24) is 5.32 Å². The van der Waals surface area contributed by atoms with Crippen LogP contribution < -0.4 is 5.32 Å². The molecule has 0 aromatic heterocycles. The van der Waals surface area contributed by atoms with Gasteiger partial charge in [0.1, 0.15) is 5.54 Å². The smallest absolute Gasteiger partial charge is 0.323 e. The number of benzene rings is 1. The molecule has 1 saturated carbocycles. The van der Waals surface area contributed by atoms with Gasteiger partial charge in [-0.2, -0.15) is 0 Å². The molecule has 2 N–H and O–H groups in total. The summed E-state index contributed by atoms with van der Waals surface area (Å²) in [6, 6.07) is 6.74. The molecule has 1 aliphatic rings. The van der Waals surface area contributed by atoms with E-state index in [1.807, 2.05) is 0 Å². The number of aliphatic carboxylic acids is 1. The number of likely N-dealkylation sites (N-methyl/N-ethyl adjacent to an activating group) is 1. The van der Waals surface area contributed by atoms with Crippen LogP contribution in [0.4, 0.5) is 0 Å². The lowest BCUT2D eigenvalue weighted by Gasteiger charge is -2.23. The first-order valence-electron chi connectivity index (χ1n) is 6.66. The summed E-state index contributed by atoms with van der Waals surface area (Å²) in [5.41, 5.74) is -0.829. The second kappa shape index (κ2) is 5.98. The summed E-state index contributed by atoms with van der Waals surface area (Å²) in [4.78, 5) is 12.6.